The van der Waals surface area contributed by atoms with Crippen molar-refractivity contribution in [2.45, 2.75) is 37.4 Å². The molecule has 0 aliphatic heterocycles. The Hall–Kier alpha value is -2.75. The Labute approximate surface area is 162 Å². The lowest BCUT2D eigenvalue weighted by Gasteiger charge is -2.20. The van der Waals surface area contributed by atoms with E-state index < -0.39 is 16.2 Å². The summed E-state index contributed by atoms with van der Waals surface area (Å²) in [6.07, 6.45) is 4.92. The molecule has 0 saturated carbocycles. The Morgan fingerprint density at radius 3 is 2.50 bits per heavy atom. The minimum absolute atomic E-state index is 0.204. The highest BCUT2D eigenvalue weighted by molar-refractivity contribution is 7.90. The minimum atomic E-state index is -3.78. The fourth-order valence-electron chi connectivity index (χ4n) is 3.28. The van der Waals surface area contributed by atoms with Crippen LogP contribution in [0, 0.1) is 6.92 Å². The normalized spacial score (nSPS) is 14.6. The topological polar surface area (TPSA) is 122 Å². The summed E-state index contributed by atoms with van der Waals surface area (Å²) in [6, 6.07) is 8.19. The van der Waals surface area contributed by atoms with Crippen LogP contribution in [0.2, 0.25) is 0 Å². The zero-order valence-corrected chi connectivity index (χ0v) is 16.5. The van der Waals surface area contributed by atoms with Crippen molar-refractivity contribution < 1.29 is 8.42 Å². The highest BCUT2D eigenvalue weighted by Gasteiger charge is 2.23. The third-order valence-corrected chi connectivity index (χ3v) is 6.70. The van der Waals surface area contributed by atoms with Gasteiger partial charge in [0.25, 0.3) is 10.0 Å². The average Bonchev–Trinajstić information content (AvgIpc) is 3.31. The number of rotatable bonds is 5. The first-order chi connectivity index (χ1) is 13.3. The molecule has 0 fully saturated rings. The summed E-state index contributed by atoms with van der Waals surface area (Å²) in [4.78, 5) is 8.91. The van der Waals surface area contributed by atoms with E-state index in [0.29, 0.717) is 23.0 Å². The molecule has 0 spiro atoms. The maximum absolute atomic E-state index is 13.1. The summed E-state index contributed by atoms with van der Waals surface area (Å²) >= 11 is 0. The quantitative estimate of drug-likeness (QED) is 0.531. The molecule has 0 aliphatic rings. The summed E-state index contributed by atoms with van der Waals surface area (Å²) in [6.45, 7) is 3.87. The molecule has 0 saturated heterocycles. The van der Waals surface area contributed by atoms with Gasteiger partial charge in [-0.1, -0.05) is 24.6 Å². The van der Waals surface area contributed by atoms with E-state index in [1.807, 2.05) is 13.8 Å². The number of aromatic nitrogens is 4. The Morgan fingerprint density at radius 2 is 1.82 bits per heavy atom. The second-order valence-corrected chi connectivity index (χ2v) is 8.69. The molecule has 2 unspecified atom stereocenters. The SMILES string of the molecule is CCC(N)C(N)n1cnc2cnc3c(ccn3S(=O)(=O)c3ccc(C)cc3)c21. The molecule has 3 heterocycles. The van der Waals surface area contributed by atoms with Gasteiger partial charge in [0.1, 0.15) is 5.52 Å². The molecular weight excluding hydrogens is 376 g/mol. The Bertz CT molecular complexity index is 1260. The minimum Gasteiger partial charge on any atom is -0.325 e. The number of aryl methyl sites for hydroxylation is 1. The zero-order valence-electron chi connectivity index (χ0n) is 15.6. The lowest BCUT2D eigenvalue weighted by molar-refractivity contribution is 0.421. The van der Waals surface area contributed by atoms with Crippen LogP contribution < -0.4 is 11.5 Å². The molecule has 2 atom stereocenters. The fraction of sp³-hybridized carbons (Fsp3) is 0.263. The highest BCUT2D eigenvalue weighted by Crippen LogP contribution is 2.28. The smallest absolute Gasteiger partial charge is 0.269 e. The van der Waals surface area contributed by atoms with Gasteiger partial charge in [0, 0.05) is 17.6 Å². The van der Waals surface area contributed by atoms with Crippen molar-refractivity contribution in [2.75, 3.05) is 0 Å². The summed E-state index contributed by atoms with van der Waals surface area (Å²) in [5.41, 5.74) is 15.1. The molecule has 3 aromatic heterocycles. The summed E-state index contributed by atoms with van der Waals surface area (Å²) in [5, 5.41) is 0.657. The van der Waals surface area contributed by atoms with Gasteiger partial charge < -0.3 is 16.0 Å². The molecule has 146 valence electrons. The molecule has 8 nitrogen and oxygen atoms in total. The van der Waals surface area contributed by atoms with Crippen LogP contribution in [-0.4, -0.2) is 33.0 Å². The first kappa shape index (κ1) is 18.6. The average molecular weight is 398 g/mol. The molecule has 28 heavy (non-hydrogen) atoms. The number of pyridine rings is 1. The van der Waals surface area contributed by atoms with Crippen molar-refractivity contribution in [1.29, 1.82) is 0 Å². The monoisotopic (exact) mass is 398 g/mol. The summed E-state index contributed by atoms with van der Waals surface area (Å²) in [5.74, 6) is 0. The second kappa shape index (κ2) is 6.69. The predicted octanol–water partition coefficient (Wildman–Crippen LogP) is 2.13. The van der Waals surface area contributed by atoms with E-state index in [-0.39, 0.29) is 10.9 Å². The van der Waals surface area contributed by atoms with Crippen LogP contribution in [0.3, 0.4) is 0 Å². The lowest BCUT2D eigenvalue weighted by Crippen LogP contribution is -2.37. The van der Waals surface area contributed by atoms with Crippen molar-refractivity contribution in [3.05, 3.63) is 54.6 Å². The first-order valence-electron chi connectivity index (χ1n) is 9.00. The Morgan fingerprint density at radius 1 is 1.11 bits per heavy atom. The summed E-state index contributed by atoms with van der Waals surface area (Å²) in [7, 11) is -3.78. The van der Waals surface area contributed by atoms with Gasteiger partial charge in [-0.15, -0.1) is 0 Å². The molecule has 4 aromatic rings. The fourth-order valence-corrected chi connectivity index (χ4v) is 4.58. The first-order valence-corrected chi connectivity index (χ1v) is 10.4. The maximum atomic E-state index is 13.1. The van der Waals surface area contributed by atoms with Crippen molar-refractivity contribution in [3.8, 4) is 0 Å². The molecular formula is C19H22N6O2S. The standard InChI is InChI=1S/C19H22N6O2S/c1-3-15(20)18(21)24-11-23-16-10-22-19-14(17(16)24)8-9-25(19)28(26,27)13-6-4-12(2)5-7-13/h4-11,15,18H,3,20-21H2,1-2H3. The van der Waals surface area contributed by atoms with Crippen LogP contribution in [-0.2, 0) is 10.0 Å². The van der Waals surface area contributed by atoms with E-state index >= 15 is 0 Å². The maximum Gasteiger partial charge on any atom is 0.269 e. The number of benzene rings is 1. The zero-order chi connectivity index (χ0) is 20.1. The van der Waals surface area contributed by atoms with Gasteiger partial charge in [0.2, 0.25) is 0 Å². The van der Waals surface area contributed by atoms with Crippen LogP contribution >= 0.6 is 0 Å². The Balaban J connectivity index is 1.93. The van der Waals surface area contributed by atoms with Crippen LogP contribution in [0.1, 0.15) is 25.1 Å². The third-order valence-electron chi connectivity index (χ3n) is 5.02. The van der Waals surface area contributed by atoms with Gasteiger partial charge in [-0.25, -0.2) is 22.4 Å². The molecule has 0 aliphatic carbocycles. The van der Waals surface area contributed by atoms with Crippen LogP contribution in [0.4, 0.5) is 0 Å². The van der Waals surface area contributed by atoms with E-state index in [9.17, 15) is 8.42 Å². The van der Waals surface area contributed by atoms with E-state index in [1.165, 1.54) is 10.2 Å². The molecule has 4 N–H and O–H groups in total. The van der Waals surface area contributed by atoms with Crippen molar-refractivity contribution >= 4 is 32.1 Å². The lowest BCUT2D eigenvalue weighted by atomic mass is 10.2. The van der Waals surface area contributed by atoms with Gasteiger partial charge in [-0.05, 0) is 31.5 Å². The predicted molar refractivity (Wildman–Crippen MR) is 108 cm³/mol. The molecule has 4 rings (SSSR count). The van der Waals surface area contributed by atoms with Gasteiger partial charge >= 0.3 is 0 Å². The van der Waals surface area contributed by atoms with Crippen molar-refractivity contribution in [2.24, 2.45) is 11.5 Å². The third kappa shape index (κ3) is 2.79. The van der Waals surface area contributed by atoms with Crippen molar-refractivity contribution in [3.63, 3.8) is 0 Å². The second-order valence-electron chi connectivity index (χ2n) is 6.87. The van der Waals surface area contributed by atoms with E-state index in [1.54, 1.807) is 47.4 Å². The number of fused-ring (bicyclic) bond motifs is 3. The molecule has 9 heteroatoms. The van der Waals surface area contributed by atoms with E-state index in [2.05, 4.69) is 9.97 Å². The number of nitrogens with zero attached hydrogens (tertiary/aromatic N) is 4. The van der Waals surface area contributed by atoms with Crippen molar-refractivity contribution in [1.82, 2.24) is 18.5 Å². The number of nitrogens with two attached hydrogens (primary N) is 2. The molecule has 0 bridgehead atoms. The Kier molecular flexibility index (Phi) is 4.45. The van der Waals surface area contributed by atoms with Gasteiger partial charge in [-0.2, -0.15) is 0 Å². The molecule has 0 amide bonds. The van der Waals surface area contributed by atoms with Gasteiger partial charge in [-0.3, -0.25) is 0 Å². The van der Waals surface area contributed by atoms with Gasteiger partial charge in [0.05, 0.1) is 29.1 Å². The van der Waals surface area contributed by atoms with Gasteiger partial charge in [0.15, 0.2) is 5.65 Å². The highest BCUT2D eigenvalue weighted by atomic mass is 32.2. The van der Waals surface area contributed by atoms with E-state index in [0.717, 1.165) is 11.1 Å². The summed E-state index contributed by atoms with van der Waals surface area (Å²) < 4.78 is 29.2. The number of hydrogen-bond acceptors (Lipinski definition) is 6. The van der Waals surface area contributed by atoms with Crippen LogP contribution in [0.25, 0.3) is 22.1 Å². The number of imidazole rings is 1. The van der Waals surface area contributed by atoms with E-state index in [4.69, 9.17) is 11.5 Å². The molecule has 1 aromatic carbocycles. The molecule has 0 radical (unpaired) electrons. The van der Waals surface area contributed by atoms with Crippen LogP contribution in [0.15, 0.2) is 53.9 Å². The number of hydrogen-bond donors (Lipinski definition) is 2. The van der Waals surface area contributed by atoms with Crippen LogP contribution in [0.5, 0.6) is 0 Å². The largest absolute Gasteiger partial charge is 0.325 e.